The first-order valence-electron chi connectivity index (χ1n) is 11.7. The van der Waals surface area contributed by atoms with Gasteiger partial charge in [-0.05, 0) is 80.2 Å². The van der Waals surface area contributed by atoms with Crippen LogP contribution in [0, 0.1) is 23.2 Å². The van der Waals surface area contributed by atoms with Gasteiger partial charge >= 0.3 is 5.97 Å². The number of aromatic nitrogens is 1. The van der Waals surface area contributed by atoms with Crippen LogP contribution >= 0.6 is 0 Å². The maximum atomic E-state index is 12.7. The van der Waals surface area contributed by atoms with Crippen LogP contribution in [0.2, 0.25) is 0 Å². The molecule has 2 N–H and O–H groups in total. The Morgan fingerprint density at radius 2 is 2.26 bits per heavy atom. The van der Waals surface area contributed by atoms with Crippen molar-refractivity contribution in [2.45, 2.75) is 51.6 Å². The van der Waals surface area contributed by atoms with Crippen molar-refractivity contribution in [1.82, 2.24) is 10.3 Å². The van der Waals surface area contributed by atoms with Crippen LogP contribution in [0.5, 0.6) is 5.75 Å². The molecule has 1 aromatic carbocycles. The smallest absolute Gasteiger partial charge is 0.310 e. The number of esters is 1. The minimum atomic E-state index is -0.0349. The molecule has 1 aliphatic heterocycles. The minimum Gasteiger partial charge on any atom is -0.497 e. The molecule has 0 amide bonds. The summed E-state index contributed by atoms with van der Waals surface area (Å²) in [6.45, 7) is 8.30. The number of allylic oxidation sites excluding steroid dienone is 1. The van der Waals surface area contributed by atoms with Crippen molar-refractivity contribution in [1.29, 1.82) is 0 Å². The van der Waals surface area contributed by atoms with Crippen LogP contribution in [-0.2, 0) is 16.0 Å². The number of benzene rings is 1. The minimum absolute atomic E-state index is 0.00723. The van der Waals surface area contributed by atoms with E-state index in [1.165, 1.54) is 29.4 Å². The van der Waals surface area contributed by atoms with Gasteiger partial charge in [-0.25, -0.2) is 0 Å². The molecule has 5 heteroatoms. The number of rotatable bonds is 6. The molecule has 1 aromatic heterocycles. The Kier molecular flexibility index (Phi) is 5.33. The van der Waals surface area contributed by atoms with E-state index in [2.05, 4.69) is 42.1 Å². The number of aromatic amines is 1. The Morgan fingerprint density at radius 1 is 1.39 bits per heavy atom. The van der Waals surface area contributed by atoms with E-state index < -0.39 is 0 Å². The summed E-state index contributed by atoms with van der Waals surface area (Å²) in [5, 5.41) is 4.74. The average molecular weight is 423 g/mol. The highest BCUT2D eigenvalue weighted by molar-refractivity contribution is 5.84. The molecular formula is C26H34N2O3. The van der Waals surface area contributed by atoms with Crippen molar-refractivity contribution in [3.05, 3.63) is 42.1 Å². The molecule has 2 heterocycles. The third-order valence-corrected chi connectivity index (χ3v) is 8.23. The van der Waals surface area contributed by atoms with Gasteiger partial charge in [-0.2, -0.15) is 0 Å². The van der Waals surface area contributed by atoms with Crippen LogP contribution in [0.3, 0.4) is 0 Å². The highest BCUT2D eigenvalue weighted by atomic mass is 16.6. The van der Waals surface area contributed by atoms with Gasteiger partial charge in [0.05, 0.1) is 13.0 Å². The molecule has 0 spiro atoms. The third-order valence-electron chi connectivity index (χ3n) is 8.23. The van der Waals surface area contributed by atoms with Crippen LogP contribution in [0.4, 0.5) is 0 Å². The number of hydrogen-bond acceptors (Lipinski definition) is 4. The first-order valence-corrected chi connectivity index (χ1v) is 11.7. The highest BCUT2D eigenvalue weighted by Gasteiger charge is 2.54. The summed E-state index contributed by atoms with van der Waals surface area (Å²) in [6, 6.07) is 6.10. The Bertz CT molecular complexity index is 996. The normalized spacial score (nSPS) is 32.6. The van der Waals surface area contributed by atoms with Gasteiger partial charge in [0.15, 0.2) is 0 Å². The quantitative estimate of drug-likeness (QED) is 0.405. The van der Waals surface area contributed by atoms with Gasteiger partial charge < -0.3 is 19.8 Å². The fourth-order valence-corrected chi connectivity index (χ4v) is 6.46. The number of carbonyl (C=O) groups is 1. The van der Waals surface area contributed by atoms with Crippen LogP contribution in [-0.4, -0.2) is 37.3 Å². The molecule has 1 saturated heterocycles. The summed E-state index contributed by atoms with van der Waals surface area (Å²) in [4.78, 5) is 16.0. The number of fused-ring (bicyclic) bond motifs is 3. The van der Waals surface area contributed by atoms with Gasteiger partial charge in [0, 0.05) is 29.6 Å². The van der Waals surface area contributed by atoms with Crippen molar-refractivity contribution in [3.8, 4) is 5.75 Å². The van der Waals surface area contributed by atoms with E-state index >= 15 is 0 Å². The number of nitrogens with one attached hydrogen (secondary N) is 2. The van der Waals surface area contributed by atoms with Gasteiger partial charge in [-0.3, -0.25) is 4.79 Å². The fourth-order valence-electron chi connectivity index (χ4n) is 6.46. The molecule has 2 aromatic rings. The summed E-state index contributed by atoms with van der Waals surface area (Å²) in [5.74, 6) is 1.69. The molecule has 0 radical (unpaired) electrons. The second-order valence-corrected chi connectivity index (χ2v) is 10.1. The first kappa shape index (κ1) is 20.6. The second-order valence-electron chi connectivity index (χ2n) is 10.1. The fraction of sp³-hybridized carbons (Fsp3) is 0.577. The van der Waals surface area contributed by atoms with Gasteiger partial charge in [0.25, 0.3) is 0 Å². The predicted octanol–water partition coefficient (Wildman–Crippen LogP) is 4.62. The number of ether oxygens (including phenoxy) is 2. The van der Waals surface area contributed by atoms with Crippen LogP contribution in [0.25, 0.3) is 10.9 Å². The van der Waals surface area contributed by atoms with Crippen molar-refractivity contribution >= 4 is 16.9 Å². The molecule has 166 valence electrons. The molecule has 3 fully saturated rings. The molecule has 5 nitrogen and oxygen atoms in total. The maximum Gasteiger partial charge on any atom is 0.310 e. The van der Waals surface area contributed by atoms with E-state index in [9.17, 15) is 4.79 Å². The zero-order valence-corrected chi connectivity index (χ0v) is 18.7. The van der Waals surface area contributed by atoms with Gasteiger partial charge in [0.1, 0.15) is 11.9 Å². The lowest BCUT2D eigenvalue weighted by molar-refractivity contribution is -0.146. The monoisotopic (exact) mass is 422 g/mol. The lowest BCUT2D eigenvalue weighted by atomic mass is 9.55. The van der Waals surface area contributed by atoms with E-state index in [4.69, 9.17) is 9.47 Å². The Morgan fingerprint density at radius 3 is 3.10 bits per heavy atom. The topological polar surface area (TPSA) is 63.3 Å². The largest absolute Gasteiger partial charge is 0.497 e. The summed E-state index contributed by atoms with van der Waals surface area (Å²) in [7, 11) is 1.69. The summed E-state index contributed by atoms with van der Waals surface area (Å²) >= 11 is 0. The molecule has 2 aliphatic carbocycles. The Hall–Kier alpha value is -2.27. The lowest BCUT2D eigenvalue weighted by Gasteiger charge is -2.50. The molecule has 31 heavy (non-hydrogen) atoms. The molecule has 5 unspecified atom stereocenters. The van der Waals surface area contributed by atoms with Gasteiger partial charge in [-0.15, -0.1) is 0 Å². The van der Waals surface area contributed by atoms with Crippen LogP contribution in [0.1, 0.15) is 44.6 Å². The second kappa shape index (κ2) is 8.01. The highest BCUT2D eigenvalue weighted by Crippen LogP contribution is 2.56. The van der Waals surface area contributed by atoms with Gasteiger partial charge in [-0.1, -0.05) is 19.1 Å². The van der Waals surface area contributed by atoms with Crippen molar-refractivity contribution < 1.29 is 14.3 Å². The summed E-state index contributed by atoms with van der Waals surface area (Å²) < 4.78 is 11.3. The molecule has 2 saturated carbocycles. The molecule has 5 rings (SSSR count). The molecule has 5 atom stereocenters. The zero-order valence-electron chi connectivity index (χ0n) is 18.7. The first-order chi connectivity index (χ1) is 15.0. The van der Waals surface area contributed by atoms with E-state index in [-0.39, 0.29) is 23.4 Å². The predicted molar refractivity (Wildman–Crippen MR) is 122 cm³/mol. The van der Waals surface area contributed by atoms with Gasteiger partial charge in [0.2, 0.25) is 0 Å². The number of carbonyl (C=O) groups excluding carboxylic acids is 1. The van der Waals surface area contributed by atoms with Crippen molar-refractivity contribution in [2.24, 2.45) is 23.2 Å². The summed E-state index contributed by atoms with van der Waals surface area (Å²) in [6.07, 6.45) is 8.72. The van der Waals surface area contributed by atoms with E-state index in [0.717, 1.165) is 43.5 Å². The SMILES string of the molecule is C=C1CCCC2(C)CC3OC(=O)C(CNCCc4c[nH]c5ccc(OC)cc45)C3CC12. The maximum absolute atomic E-state index is 12.7. The zero-order chi connectivity index (χ0) is 21.6. The average Bonchev–Trinajstić information content (AvgIpc) is 3.29. The van der Waals surface area contributed by atoms with Crippen molar-refractivity contribution in [2.75, 3.05) is 20.2 Å². The van der Waals surface area contributed by atoms with E-state index in [0.29, 0.717) is 18.4 Å². The van der Waals surface area contributed by atoms with E-state index in [1.807, 2.05) is 6.07 Å². The Labute approximate surface area is 184 Å². The van der Waals surface area contributed by atoms with E-state index in [1.54, 1.807) is 7.11 Å². The molecule has 3 aliphatic rings. The number of methoxy groups -OCH3 is 1. The molecule has 0 bridgehead atoms. The van der Waals surface area contributed by atoms with Crippen LogP contribution in [0.15, 0.2) is 36.5 Å². The summed E-state index contributed by atoms with van der Waals surface area (Å²) in [5.41, 5.74) is 4.04. The number of hydrogen-bond donors (Lipinski definition) is 2. The number of H-pyrrole nitrogens is 1. The molecular weight excluding hydrogens is 388 g/mol. The standard InChI is InChI=1S/C26H34N2O3/c1-16-5-4-9-26(2)13-24-20(12-22(16)26)21(25(29)31-24)15-27-10-8-17-14-28-23-7-6-18(30-3)11-19(17)23/h6-7,11,14,20-22,24,27-28H,1,4-5,8-10,12-13,15H2,2-3H3. The lowest BCUT2D eigenvalue weighted by Crippen LogP contribution is -2.45. The third kappa shape index (κ3) is 3.67. The van der Waals surface area contributed by atoms with Crippen LogP contribution < -0.4 is 10.1 Å². The Balaban J connectivity index is 1.20. The van der Waals surface area contributed by atoms with Crippen molar-refractivity contribution in [3.63, 3.8) is 0 Å².